The summed E-state index contributed by atoms with van der Waals surface area (Å²) in [4.78, 5) is 6.87. The molecule has 0 amide bonds. The molecule has 0 saturated heterocycles. The van der Waals surface area contributed by atoms with Gasteiger partial charge in [0.15, 0.2) is 0 Å². The third-order valence-electron chi connectivity index (χ3n) is 3.33. The van der Waals surface area contributed by atoms with E-state index in [1.807, 2.05) is 6.20 Å². The molecule has 1 aromatic heterocycles. The van der Waals surface area contributed by atoms with Crippen LogP contribution in [-0.4, -0.2) is 25.1 Å². The van der Waals surface area contributed by atoms with E-state index in [0.717, 1.165) is 25.5 Å². The van der Waals surface area contributed by atoms with Crippen molar-refractivity contribution in [1.29, 1.82) is 0 Å². The standard InChI is InChI=1S/C15H27N3/c1-6-12(3)11-18(5)15-13(4)8-14(10-17-15)9-16-7-2/h8,10,12,16H,6-7,9,11H2,1-5H3. The Labute approximate surface area is 112 Å². The maximum Gasteiger partial charge on any atom is 0.131 e. The van der Waals surface area contributed by atoms with Crippen LogP contribution in [0.1, 0.15) is 38.3 Å². The number of pyridine rings is 1. The molecule has 0 aliphatic carbocycles. The molecule has 1 N–H and O–H groups in total. The molecular weight excluding hydrogens is 222 g/mol. The van der Waals surface area contributed by atoms with Gasteiger partial charge in [-0.1, -0.05) is 27.2 Å². The molecule has 0 fully saturated rings. The molecule has 0 saturated carbocycles. The molecule has 0 aromatic carbocycles. The summed E-state index contributed by atoms with van der Waals surface area (Å²) in [6.45, 7) is 11.7. The Bertz CT molecular complexity index is 363. The quantitative estimate of drug-likeness (QED) is 0.805. The Balaban J connectivity index is 2.72. The Kier molecular flexibility index (Phi) is 6.13. The van der Waals surface area contributed by atoms with Gasteiger partial charge in [0, 0.05) is 26.3 Å². The smallest absolute Gasteiger partial charge is 0.131 e. The van der Waals surface area contributed by atoms with Crippen molar-refractivity contribution in [3.63, 3.8) is 0 Å². The molecule has 0 bridgehead atoms. The van der Waals surface area contributed by atoms with Crippen LogP contribution in [0.3, 0.4) is 0 Å². The fraction of sp³-hybridized carbons (Fsp3) is 0.667. The SMILES string of the molecule is CCNCc1cnc(N(C)CC(C)CC)c(C)c1. The maximum atomic E-state index is 4.60. The van der Waals surface area contributed by atoms with E-state index in [1.54, 1.807) is 0 Å². The number of anilines is 1. The topological polar surface area (TPSA) is 28.2 Å². The van der Waals surface area contributed by atoms with Crippen molar-refractivity contribution in [1.82, 2.24) is 10.3 Å². The second kappa shape index (κ2) is 7.37. The molecule has 1 atom stereocenters. The lowest BCUT2D eigenvalue weighted by atomic mass is 10.1. The third-order valence-corrected chi connectivity index (χ3v) is 3.33. The predicted octanol–water partition coefficient (Wildman–Crippen LogP) is 2.98. The largest absolute Gasteiger partial charge is 0.359 e. The second-order valence-electron chi connectivity index (χ2n) is 5.16. The van der Waals surface area contributed by atoms with Crippen LogP contribution in [0.25, 0.3) is 0 Å². The van der Waals surface area contributed by atoms with Crippen molar-refractivity contribution in [2.24, 2.45) is 5.92 Å². The molecule has 3 nitrogen and oxygen atoms in total. The van der Waals surface area contributed by atoms with E-state index in [4.69, 9.17) is 0 Å². The van der Waals surface area contributed by atoms with Gasteiger partial charge in [0.25, 0.3) is 0 Å². The fourth-order valence-corrected chi connectivity index (χ4v) is 2.07. The highest BCUT2D eigenvalue weighted by Crippen LogP contribution is 2.18. The highest BCUT2D eigenvalue weighted by atomic mass is 15.2. The van der Waals surface area contributed by atoms with E-state index in [-0.39, 0.29) is 0 Å². The minimum Gasteiger partial charge on any atom is -0.359 e. The van der Waals surface area contributed by atoms with Crippen LogP contribution >= 0.6 is 0 Å². The van der Waals surface area contributed by atoms with Crippen molar-refractivity contribution in [2.45, 2.75) is 40.7 Å². The molecule has 1 heterocycles. The molecule has 0 aliphatic heterocycles. The molecule has 0 spiro atoms. The van der Waals surface area contributed by atoms with Gasteiger partial charge in [-0.05, 0) is 36.6 Å². The van der Waals surface area contributed by atoms with Crippen LogP contribution < -0.4 is 10.2 Å². The molecule has 102 valence electrons. The summed E-state index contributed by atoms with van der Waals surface area (Å²) in [7, 11) is 2.13. The van der Waals surface area contributed by atoms with Crippen LogP contribution in [0, 0.1) is 12.8 Å². The molecule has 1 unspecified atom stereocenters. The molecule has 18 heavy (non-hydrogen) atoms. The van der Waals surface area contributed by atoms with Crippen molar-refractivity contribution in [3.8, 4) is 0 Å². The number of aryl methyl sites for hydroxylation is 1. The molecule has 0 aliphatic rings. The van der Waals surface area contributed by atoms with E-state index in [1.165, 1.54) is 17.5 Å². The van der Waals surface area contributed by atoms with Gasteiger partial charge in [0.05, 0.1) is 0 Å². The minimum atomic E-state index is 0.706. The first-order valence-corrected chi connectivity index (χ1v) is 6.95. The van der Waals surface area contributed by atoms with Gasteiger partial charge in [-0.3, -0.25) is 0 Å². The first kappa shape index (κ1) is 15.0. The average molecular weight is 249 g/mol. The van der Waals surface area contributed by atoms with E-state index in [9.17, 15) is 0 Å². The molecule has 3 heteroatoms. The Morgan fingerprint density at radius 1 is 1.39 bits per heavy atom. The van der Waals surface area contributed by atoms with Gasteiger partial charge < -0.3 is 10.2 Å². The lowest BCUT2D eigenvalue weighted by Gasteiger charge is -2.23. The zero-order valence-electron chi connectivity index (χ0n) is 12.5. The molecule has 0 radical (unpaired) electrons. The van der Waals surface area contributed by atoms with Crippen LogP contribution in [0.4, 0.5) is 5.82 Å². The van der Waals surface area contributed by atoms with Gasteiger partial charge in [0.1, 0.15) is 5.82 Å². The number of aromatic nitrogens is 1. The van der Waals surface area contributed by atoms with Crippen LogP contribution in [0.5, 0.6) is 0 Å². The Morgan fingerprint density at radius 3 is 2.67 bits per heavy atom. The molecule has 1 rings (SSSR count). The fourth-order valence-electron chi connectivity index (χ4n) is 2.07. The van der Waals surface area contributed by atoms with E-state index >= 15 is 0 Å². The van der Waals surface area contributed by atoms with E-state index < -0.39 is 0 Å². The van der Waals surface area contributed by atoms with Crippen molar-refractivity contribution < 1.29 is 0 Å². The first-order valence-electron chi connectivity index (χ1n) is 6.95. The number of hydrogen-bond donors (Lipinski definition) is 1. The lowest BCUT2D eigenvalue weighted by Crippen LogP contribution is -2.25. The van der Waals surface area contributed by atoms with E-state index in [2.05, 4.69) is 56.0 Å². The van der Waals surface area contributed by atoms with Gasteiger partial charge in [-0.25, -0.2) is 4.98 Å². The van der Waals surface area contributed by atoms with Gasteiger partial charge in [-0.2, -0.15) is 0 Å². The number of nitrogens with zero attached hydrogens (tertiary/aromatic N) is 2. The van der Waals surface area contributed by atoms with Crippen molar-refractivity contribution in [2.75, 3.05) is 25.0 Å². The molecule has 1 aromatic rings. The highest BCUT2D eigenvalue weighted by molar-refractivity contribution is 5.46. The maximum absolute atomic E-state index is 4.60. The lowest BCUT2D eigenvalue weighted by molar-refractivity contribution is 0.557. The van der Waals surface area contributed by atoms with Crippen LogP contribution in [0.2, 0.25) is 0 Å². The van der Waals surface area contributed by atoms with E-state index in [0.29, 0.717) is 5.92 Å². The third kappa shape index (κ3) is 4.30. The molecular formula is C15H27N3. The van der Waals surface area contributed by atoms with Gasteiger partial charge >= 0.3 is 0 Å². The summed E-state index contributed by atoms with van der Waals surface area (Å²) in [6, 6.07) is 2.23. The van der Waals surface area contributed by atoms with Crippen LogP contribution in [0.15, 0.2) is 12.3 Å². The monoisotopic (exact) mass is 249 g/mol. The Hall–Kier alpha value is -1.09. The summed E-state index contributed by atoms with van der Waals surface area (Å²) >= 11 is 0. The zero-order valence-corrected chi connectivity index (χ0v) is 12.5. The van der Waals surface area contributed by atoms with Gasteiger partial charge in [0.2, 0.25) is 0 Å². The normalized spacial score (nSPS) is 12.5. The summed E-state index contributed by atoms with van der Waals surface area (Å²) in [5.74, 6) is 1.81. The summed E-state index contributed by atoms with van der Waals surface area (Å²) in [5, 5.41) is 3.33. The highest BCUT2D eigenvalue weighted by Gasteiger charge is 2.09. The summed E-state index contributed by atoms with van der Waals surface area (Å²) < 4.78 is 0. The number of nitrogens with one attached hydrogen (secondary N) is 1. The zero-order chi connectivity index (χ0) is 13.5. The summed E-state index contributed by atoms with van der Waals surface area (Å²) in [6.07, 6.45) is 3.19. The number of hydrogen-bond acceptors (Lipinski definition) is 3. The number of rotatable bonds is 7. The van der Waals surface area contributed by atoms with Crippen molar-refractivity contribution in [3.05, 3.63) is 23.4 Å². The Morgan fingerprint density at radius 2 is 2.11 bits per heavy atom. The predicted molar refractivity (Wildman–Crippen MR) is 79.1 cm³/mol. The van der Waals surface area contributed by atoms with Crippen molar-refractivity contribution >= 4 is 5.82 Å². The average Bonchev–Trinajstić information content (AvgIpc) is 2.36. The minimum absolute atomic E-state index is 0.706. The van der Waals surface area contributed by atoms with Crippen LogP contribution in [-0.2, 0) is 6.54 Å². The summed E-state index contributed by atoms with van der Waals surface area (Å²) in [5.41, 5.74) is 2.52. The second-order valence-corrected chi connectivity index (χ2v) is 5.16. The first-order chi connectivity index (χ1) is 8.58. The van der Waals surface area contributed by atoms with Gasteiger partial charge in [-0.15, -0.1) is 0 Å².